The van der Waals surface area contributed by atoms with E-state index in [9.17, 15) is 9.59 Å². The highest BCUT2D eigenvalue weighted by atomic mass is 16.2. The van der Waals surface area contributed by atoms with E-state index in [1.807, 2.05) is 34.1 Å². The van der Waals surface area contributed by atoms with Gasteiger partial charge in [0.05, 0.1) is 29.5 Å². The number of carbonyl (C=O) groups excluding carboxylic acids is 2. The van der Waals surface area contributed by atoms with Gasteiger partial charge < -0.3 is 9.80 Å². The van der Waals surface area contributed by atoms with Gasteiger partial charge in [0.15, 0.2) is 0 Å². The van der Waals surface area contributed by atoms with Crippen molar-refractivity contribution in [3.8, 4) is 0 Å². The fraction of sp³-hybridized carbons (Fsp3) is 0.455. The number of piperidine rings is 1. The molecule has 0 radical (unpaired) electrons. The van der Waals surface area contributed by atoms with E-state index in [1.54, 1.807) is 18.3 Å². The van der Waals surface area contributed by atoms with Gasteiger partial charge in [-0.25, -0.2) is 4.98 Å². The minimum Gasteiger partial charge on any atom is -0.342 e. The van der Waals surface area contributed by atoms with Gasteiger partial charge in [0.2, 0.25) is 11.8 Å². The standard InChI is InChI=1S/C22H27N5O2/c28-21(9-8-18-16-23-19-6-2-3-7-20(19)24-18)27-14-12-25(13-15-27)17-22(29)26-10-4-1-5-11-26/h2-3,6-9,16H,1,4-5,10-15,17H2/b9-8+. The molecule has 2 aliphatic rings. The summed E-state index contributed by atoms with van der Waals surface area (Å²) >= 11 is 0. The number of likely N-dealkylation sites (tertiary alicyclic amines) is 1. The first-order chi connectivity index (χ1) is 14.2. The molecule has 0 bridgehead atoms. The molecule has 4 rings (SSSR count). The summed E-state index contributed by atoms with van der Waals surface area (Å²) in [7, 11) is 0. The number of fused-ring (bicyclic) bond motifs is 1. The molecule has 1 aromatic carbocycles. The Balaban J connectivity index is 1.27. The van der Waals surface area contributed by atoms with Crippen molar-refractivity contribution in [1.29, 1.82) is 0 Å². The van der Waals surface area contributed by atoms with Gasteiger partial charge in [-0.2, -0.15) is 0 Å². The van der Waals surface area contributed by atoms with Gasteiger partial charge in [0.1, 0.15) is 0 Å². The molecule has 0 N–H and O–H groups in total. The van der Waals surface area contributed by atoms with Gasteiger partial charge in [-0.05, 0) is 37.5 Å². The summed E-state index contributed by atoms with van der Waals surface area (Å²) < 4.78 is 0. The zero-order valence-corrected chi connectivity index (χ0v) is 16.7. The first-order valence-corrected chi connectivity index (χ1v) is 10.4. The van der Waals surface area contributed by atoms with Crippen molar-refractivity contribution >= 4 is 28.9 Å². The summed E-state index contributed by atoms with van der Waals surface area (Å²) in [4.78, 5) is 39.8. The smallest absolute Gasteiger partial charge is 0.246 e. The number of hydrogen-bond donors (Lipinski definition) is 0. The molecule has 2 fully saturated rings. The Morgan fingerprint density at radius 1 is 0.897 bits per heavy atom. The van der Waals surface area contributed by atoms with Crippen molar-refractivity contribution in [2.45, 2.75) is 19.3 Å². The minimum atomic E-state index is -0.0260. The maximum Gasteiger partial charge on any atom is 0.246 e. The number of nitrogens with zero attached hydrogens (tertiary/aromatic N) is 5. The third-order valence-electron chi connectivity index (χ3n) is 5.62. The predicted molar refractivity (Wildman–Crippen MR) is 112 cm³/mol. The first kappa shape index (κ1) is 19.5. The highest BCUT2D eigenvalue weighted by Gasteiger charge is 2.24. The molecule has 0 saturated carbocycles. The van der Waals surface area contributed by atoms with Crippen LogP contribution in [0.4, 0.5) is 0 Å². The Labute approximate surface area is 171 Å². The van der Waals surface area contributed by atoms with Crippen LogP contribution in [0, 0.1) is 0 Å². The fourth-order valence-corrected chi connectivity index (χ4v) is 3.87. The summed E-state index contributed by atoms with van der Waals surface area (Å²) in [5.41, 5.74) is 2.32. The molecule has 2 saturated heterocycles. The second-order valence-corrected chi connectivity index (χ2v) is 7.66. The molecule has 3 heterocycles. The summed E-state index contributed by atoms with van der Waals surface area (Å²) in [6.07, 6.45) is 8.41. The van der Waals surface area contributed by atoms with Crippen molar-refractivity contribution in [2.24, 2.45) is 0 Å². The number of benzene rings is 1. The number of amides is 2. The largest absolute Gasteiger partial charge is 0.342 e. The molecule has 2 amide bonds. The fourth-order valence-electron chi connectivity index (χ4n) is 3.87. The van der Waals surface area contributed by atoms with Gasteiger partial charge in [0.25, 0.3) is 0 Å². The quantitative estimate of drug-likeness (QED) is 0.741. The van der Waals surface area contributed by atoms with Crippen LogP contribution in [0.5, 0.6) is 0 Å². The Kier molecular flexibility index (Phi) is 6.14. The Morgan fingerprint density at radius 3 is 2.38 bits per heavy atom. The number of rotatable bonds is 4. The third-order valence-corrected chi connectivity index (χ3v) is 5.62. The molecular formula is C22H27N5O2. The second kappa shape index (κ2) is 9.13. The van der Waals surface area contributed by atoms with Crippen LogP contribution in [0.1, 0.15) is 25.0 Å². The molecule has 7 nitrogen and oxygen atoms in total. The van der Waals surface area contributed by atoms with E-state index in [1.165, 1.54) is 6.42 Å². The third kappa shape index (κ3) is 4.98. The molecule has 29 heavy (non-hydrogen) atoms. The van der Waals surface area contributed by atoms with Crippen molar-refractivity contribution in [1.82, 2.24) is 24.7 Å². The van der Waals surface area contributed by atoms with Crippen molar-refractivity contribution in [3.63, 3.8) is 0 Å². The van der Waals surface area contributed by atoms with E-state index in [2.05, 4.69) is 14.9 Å². The van der Waals surface area contributed by atoms with E-state index < -0.39 is 0 Å². The van der Waals surface area contributed by atoms with Gasteiger partial charge in [0, 0.05) is 45.3 Å². The molecule has 2 aromatic rings. The maximum atomic E-state index is 12.5. The zero-order valence-electron chi connectivity index (χ0n) is 16.7. The van der Waals surface area contributed by atoms with Crippen molar-refractivity contribution < 1.29 is 9.59 Å². The Hall–Kier alpha value is -2.80. The summed E-state index contributed by atoms with van der Waals surface area (Å²) in [6, 6.07) is 7.67. The molecule has 2 aliphatic heterocycles. The lowest BCUT2D eigenvalue weighted by Gasteiger charge is -2.35. The molecule has 1 aromatic heterocycles. The number of para-hydroxylation sites is 2. The van der Waals surface area contributed by atoms with Crippen LogP contribution in [0.15, 0.2) is 36.5 Å². The van der Waals surface area contributed by atoms with E-state index in [4.69, 9.17) is 0 Å². The van der Waals surface area contributed by atoms with E-state index in [0.717, 1.165) is 50.1 Å². The zero-order chi connectivity index (χ0) is 20.1. The van der Waals surface area contributed by atoms with Crippen LogP contribution < -0.4 is 0 Å². The molecule has 0 aliphatic carbocycles. The minimum absolute atomic E-state index is 0.0260. The monoisotopic (exact) mass is 393 g/mol. The van der Waals surface area contributed by atoms with Gasteiger partial charge in [-0.3, -0.25) is 19.5 Å². The van der Waals surface area contributed by atoms with Gasteiger partial charge in [-0.1, -0.05) is 12.1 Å². The lowest BCUT2D eigenvalue weighted by atomic mass is 10.1. The van der Waals surface area contributed by atoms with Crippen LogP contribution in [-0.4, -0.2) is 82.3 Å². The molecule has 7 heteroatoms. The van der Waals surface area contributed by atoms with E-state index >= 15 is 0 Å². The SMILES string of the molecule is O=C(/C=C/c1cnc2ccccc2n1)N1CCN(CC(=O)N2CCCCC2)CC1. The molecule has 0 spiro atoms. The highest BCUT2D eigenvalue weighted by molar-refractivity contribution is 5.91. The lowest BCUT2D eigenvalue weighted by Crippen LogP contribution is -2.51. The van der Waals surface area contributed by atoms with Crippen LogP contribution in [-0.2, 0) is 9.59 Å². The topological polar surface area (TPSA) is 69.6 Å². The number of aromatic nitrogens is 2. The van der Waals surface area contributed by atoms with E-state index in [0.29, 0.717) is 25.3 Å². The van der Waals surface area contributed by atoms with E-state index in [-0.39, 0.29) is 11.8 Å². The van der Waals surface area contributed by atoms with Gasteiger partial charge >= 0.3 is 0 Å². The van der Waals surface area contributed by atoms with Crippen LogP contribution in [0.3, 0.4) is 0 Å². The van der Waals surface area contributed by atoms with Crippen LogP contribution in [0.2, 0.25) is 0 Å². The number of piperazine rings is 1. The van der Waals surface area contributed by atoms with Gasteiger partial charge in [-0.15, -0.1) is 0 Å². The number of carbonyl (C=O) groups is 2. The van der Waals surface area contributed by atoms with Crippen molar-refractivity contribution in [3.05, 3.63) is 42.2 Å². The molecule has 0 unspecified atom stereocenters. The highest BCUT2D eigenvalue weighted by Crippen LogP contribution is 2.12. The number of hydrogen-bond acceptors (Lipinski definition) is 5. The molecule has 0 atom stereocenters. The normalized spacial score (nSPS) is 18.5. The van der Waals surface area contributed by atoms with Crippen LogP contribution in [0.25, 0.3) is 17.1 Å². The summed E-state index contributed by atoms with van der Waals surface area (Å²) in [5.74, 6) is 0.196. The maximum absolute atomic E-state index is 12.5. The second-order valence-electron chi connectivity index (χ2n) is 7.66. The molecule has 152 valence electrons. The summed E-state index contributed by atoms with van der Waals surface area (Å²) in [5, 5.41) is 0. The average Bonchev–Trinajstić information content (AvgIpc) is 2.78. The van der Waals surface area contributed by atoms with Crippen molar-refractivity contribution in [2.75, 3.05) is 45.8 Å². The molecular weight excluding hydrogens is 366 g/mol. The van der Waals surface area contributed by atoms with Crippen LogP contribution >= 0.6 is 0 Å². The first-order valence-electron chi connectivity index (χ1n) is 10.4. The average molecular weight is 393 g/mol. The summed E-state index contributed by atoms with van der Waals surface area (Å²) in [6.45, 7) is 4.98. The predicted octanol–water partition coefficient (Wildman–Crippen LogP) is 1.80. The Bertz CT molecular complexity index is 899. The lowest BCUT2D eigenvalue weighted by molar-refractivity contribution is -0.134. The Morgan fingerprint density at radius 2 is 1.62 bits per heavy atom.